The van der Waals surface area contributed by atoms with Crippen LogP contribution in [0.25, 0.3) is 0 Å². The van der Waals surface area contributed by atoms with Gasteiger partial charge in [-0.25, -0.2) is 14.8 Å². The van der Waals surface area contributed by atoms with E-state index < -0.39 is 0 Å². The highest BCUT2D eigenvalue weighted by atomic mass is 17.2. The lowest BCUT2D eigenvalue weighted by Crippen LogP contribution is -1.97. The number of nitrogens with two attached hydrogens (primary N) is 1. The van der Waals surface area contributed by atoms with Crippen LogP contribution in [0.2, 0.25) is 0 Å². The first-order valence-corrected chi connectivity index (χ1v) is 3.05. The number of hydrogen-bond acceptors (Lipinski definition) is 5. The van der Waals surface area contributed by atoms with Crippen LogP contribution in [0.1, 0.15) is 5.69 Å². The van der Waals surface area contributed by atoms with Crippen molar-refractivity contribution < 1.29 is 9.78 Å². The van der Waals surface area contributed by atoms with E-state index in [1.54, 1.807) is 0 Å². The van der Waals surface area contributed by atoms with Crippen molar-refractivity contribution in [1.29, 1.82) is 0 Å². The molecule has 5 nitrogen and oxygen atoms in total. The van der Waals surface area contributed by atoms with Gasteiger partial charge in [-0.2, -0.15) is 0 Å². The molecule has 0 saturated heterocycles. The summed E-state index contributed by atoms with van der Waals surface area (Å²) in [5, 5.41) is 0. The van der Waals surface area contributed by atoms with Gasteiger partial charge in [-0.05, 0) is 0 Å². The minimum Gasteiger partial charge on any atom is -0.382 e. The molecule has 0 radical (unpaired) electrons. The van der Waals surface area contributed by atoms with Crippen LogP contribution in [0, 0.1) is 0 Å². The second-order valence-electron chi connectivity index (χ2n) is 1.86. The molecule has 1 aromatic heterocycles. The number of nitrogens with zero attached hydrogens (tertiary/aromatic N) is 2. The largest absolute Gasteiger partial charge is 0.382 e. The van der Waals surface area contributed by atoms with Gasteiger partial charge >= 0.3 is 0 Å². The first-order chi connectivity index (χ1) is 5.33. The van der Waals surface area contributed by atoms with Gasteiger partial charge in [0.2, 0.25) is 0 Å². The van der Waals surface area contributed by atoms with Crippen LogP contribution in [0.3, 0.4) is 0 Å². The quantitative estimate of drug-likeness (QED) is 0.496. The normalized spacial score (nSPS) is 9.91. The van der Waals surface area contributed by atoms with Gasteiger partial charge in [0.05, 0.1) is 25.2 Å². The van der Waals surface area contributed by atoms with Crippen LogP contribution in [-0.2, 0) is 16.4 Å². The summed E-state index contributed by atoms with van der Waals surface area (Å²) >= 11 is 0. The minimum atomic E-state index is 0.282. The number of anilines is 1. The average Bonchev–Trinajstić information content (AvgIpc) is 2.04. The smallest absolute Gasteiger partial charge is 0.141 e. The molecule has 11 heavy (non-hydrogen) atoms. The SMILES string of the molecule is COOCc1cnc(N)cn1. The molecule has 0 aliphatic heterocycles. The monoisotopic (exact) mass is 155 g/mol. The Morgan fingerprint density at radius 2 is 2.27 bits per heavy atom. The van der Waals surface area contributed by atoms with Crippen LogP contribution in [0.15, 0.2) is 12.4 Å². The van der Waals surface area contributed by atoms with Gasteiger partial charge in [0.15, 0.2) is 0 Å². The predicted molar refractivity (Wildman–Crippen MR) is 38.2 cm³/mol. The van der Waals surface area contributed by atoms with Gasteiger partial charge in [-0.15, -0.1) is 0 Å². The van der Waals surface area contributed by atoms with Gasteiger partial charge in [-0.3, -0.25) is 4.98 Å². The summed E-state index contributed by atoms with van der Waals surface area (Å²) < 4.78 is 0. The highest BCUT2D eigenvalue weighted by Crippen LogP contribution is 1.97. The molecule has 2 N–H and O–H groups in total. The number of aromatic nitrogens is 2. The van der Waals surface area contributed by atoms with Crippen molar-refractivity contribution in [1.82, 2.24) is 9.97 Å². The van der Waals surface area contributed by atoms with Crippen molar-refractivity contribution in [3.63, 3.8) is 0 Å². The third kappa shape index (κ3) is 2.48. The Kier molecular flexibility index (Phi) is 2.76. The summed E-state index contributed by atoms with van der Waals surface area (Å²) in [7, 11) is 1.44. The summed E-state index contributed by atoms with van der Waals surface area (Å²) in [6.07, 6.45) is 3.00. The number of rotatable bonds is 3. The Labute approximate surface area is 64.1 Å². The molecule has 0 atom stereocenters. The molecule has 1 aromatic rings. The third-order valence-corrected chi connectivity index (χ3v) is 1.05. The maximum absolute atomic E-state index is 5.31. The Balaban J connectivity index is 2.52. The highest BCUT2D eigenvalue weighted by molar-refractivity contribution is 5.22. The average molecular weight is 155 g/mol. The van der Waals surface area contributed by atoms with Crippen molar-refractivity contribution >= 4 is 5.82 Å². The molecule has 0 aliphatic rings. The Hall–Kier alpha value is -1.20. The predicted octanol–water partition coefficient (Wildman–Crippen LogP) is 0.137. The van der Waals surface area contributed by atoms with E-state index in [9.17, 15) is 0 Å². The fraction of sp³-hybridized carbons (Fsp3) is 0.333. The summed E-state index contributed by atoms with van der Waals surface area (Å²) in [6.45, 7) is 0.282. The lowest BCUT2D eigenvalue weighted by atomic mass is 10.5. The van der Waals surface area contributed by atoms with Crippen molar-refractivity contribution in [2.45, 2.75) is 6.61 Å². The third-order valence-electron chi connectivity index (χ3n) is 1.05. The Morgan fingerprint density at radius 3 is 2.82 bits per heavy atom. The molecule has 0 aliphatic carbocycles. The van der Waals surface area contributed by atoms with E-state index in [0.717, 1.165) is 0 Å². The molecule has 0 aromatic carbocycles. The van der Waals surface area contributed by atoms with E-state index in [1.165, 1.54) is 19.5 Å². The van der Waals surface area contributed by atoms with E-state index in [2.05, 4.69) is 19.7 Å². The lowest BCUT2D eigenvalue weighted by molar-refractivity contribution is -0.282. The van der Waals surface area contributed by atoms with Crippen LogP contribution in [0.5, 0.6) is 0 Å². The Bertz CT molecular complexity index is 212. The molecule has 1 rings (SSSR count). The van der Waals surface area contributed by atoms with Gasteiger partial charge in [0, 0.05) is 0 Å². The second kappa shape index (κ2) is 3.85. The molecule has 60 valence electrons. The molecule has 0 saturated carbocycles. The van der Waals surface area contributed by atoms with Gasteiger partial charge in [-0.1, -0.05) is 0 Å². The summed E-state index contributed by atoms with van der Waals surface area (Å²) in [6, 6.07) is 0. The molecule has 1 heterocycles. The van der Waals surface area contributed by atoms with Crippen LogP contribution >= 0.6 is 0 Å². The fourth-order valence-corrected chi connectivity index (χ4v) is 0.559. The number of nitrogen functional groups attached to an aromatic ring is 1. The maximum Gasteiger partial charge on any atom is 0.141 e. The first kappa shape index (κ1) is 7.90. The van der Waals surface area contributed by atoms with Crippen LogP contribution in [-0.4, -0.2) is 17.1 Å². The summed E-state index contributed by atoms with van der Waals surface area (Å²) in [4.78, 5) is 16.7. The van der Waals surface area contributed by atoms with Crippen molar-refractivity contribution in [2.75, 3.05) is 12.8 Å². The van der Waals surface area contributed by atoms with E-state index >= 15 is 0 Å². The molecule has 0 unspecified atom stereocenters. The molecule has 5 heteroatoms. The molecule has 0 fully saturated rings. The minimum absolute atomic E-state index is 0.282. The van der Waals surface area contributed by atoms with E-state index in [1.807, 2.05) is 0 Å². The Morgan fingerprint density at radius 1 is 1.45 bits per heavy atom. The zero-order chi connectivity index (χ0) is 8.10. The van der Waals surface area contributed by atoms with Gasteiger partial charge in [0.1, 0.15) is 12.4 Å². The zero-order valence-corrected chi connectivity index (χ0v) is 6.15. The van der Waals surface area contributed by atoms with E-state index in [0.29, 0.717) is 11.5 Å². The molecule has 0 bridgehead atoms. The topological polar surface area (TPSA) is 70.3 Å². The highest BCUT2D eigenvalue weighted by Gasteiger charge is 1.93. The van der Waals surface area contributed by atoms with Gasteiger partial charge in [0.25, 0.3) is 0 Å². The van der Waals surface area contributed by atoms with Gasteiger partial charge < -0.3 is 5.73 Å². The fourth-order valence-electron chi connectivity index (χ4n) is 0.559. The zero-order valence-electron chi connectivity index (χ0n) is 6.15. The van der Waals surface area contributed by atoms with Crippen LogP contribution in [0.4, 0.5) is 5.82 Å². The molecule has 0 spiro atoms. The summed E-state index contributed by atoms with van der Waals surface area (Å²) in [5.74, 6) is 0.395. The first-order valence-electron chi connectivity index (χ1n) is 3.05. The van der Waals surface area contributed by atoms with Crippen molar-refractivity contribution in [3.8, 4) is 0 Å². The summed E-state index contributed by atoms with van der Waals surface area (Å²) in [5.41, 5.74) is 5.99. The van der Waals surface area contributed by atoms with E-state index in [4.69, 9.17) is 5.73 Å². The maximum atomic E-state index is 5.31. The van der Waals surface area contributed by atoms with Crippen molar-refractivity contribution in [3.05, 3.63) is 18.1 Å². The molecule has 0 amide bonds. The van der Waals surface area contributed by atoms with Crippen LogP contribution < -0.4 is 5.73 Å². The van der Waals surface area contributed by atoms with E-state index in [-0.39, 0.29) is 6.61 Å². The molecular weight excluding hydrogens is 146 g/mol. The second-order valence-corrected chi connectivity index (χ2v) is 1.86. The standard InChI is InChI=1S/C6H9N3O2/c1-10-11-4-5-2-9-6(7)3-8-5/h2-3H,4H2,1H3,(H2,7,9). The number of hydrogen-bond donors (Lipinski definition) is 1. The molecular formula is C6H9N3O2. The van der Waals surface area contributed by atoms with Crippen molar-refractivity contribution in [2.24, 2.45) is 0 Å². The lowest BCUT2D eigenvalue weighted by Gasteiger charge is -1.98.